The second-order valence-corrected chi connectivity index (χ2v) is 12.5. The Kier molecular flexibility index (Phi) is 8.04. The van der Waals surface area contributed by atoms with Crippen molar-refractivity contribution in [1.82, 2.24) is 9.97 Å². The molecule has 2 aromatic heterocycles. The smallest absolute Gasteiger partial charge is 0.333 e. The largest absolute Gasteiger partial charge is 0.393 e. The molecule has 4 N–H and O–H groups in total. The number of hydrogen-bond acceptors (Lipinski definition) is 10. The lowest BCUT2D eigenvalue weighted by Gasteiger charge is -2.26. The first-order chi connectivity index (χ1) is 18.1. The van der Waals surface area contributed by atoms with Crippen molar-refractivity contribution in [3.63, 3.8) is 0 Å². The molecule has 0 bridgehead atoms. The number of fused-ring (bicyclic) bond motifs is 1. The molecule has 1 fully saturated rings. The van der Waals surface area contributed by atoms with Crippen molar-refractivity contribution in [2.24, 2.45) is 11.1 Å². The zero-order valence-corrected chi connectivity index (χ0v) is 23.0. The predicted molar refractivity (Wildman–Crippen MR) is 143 cm³/mol. The van der Waals surface area contributed by atoms with E-state index in [1.807, 2.05) is 18.2 Å². The number of aromatic nitrogens is 2. The molecule has 3 aromatic rings. The Morgan fingerprint density at radius 2 is 2.08 bits per heavy atom. The van der Waals surface area contributed by atoms with Crippen LogP contribution in [0.15, 0.2) is 36.8 Å². The standard InChI is InChI=1S/C24H24Cl2N4O6S2/c25-14-2-1-12-3-4-35-22(16(12)6-14)17-8-20(37-23(17)26)21(32)18-9-28-11-29-24(18)30-15-5-13(19(31)7-15)10-36-38(27,33)34/h1-2,6,8-9,11,13,15,19,22,31H,3-5,7,10H2,(H2,27,33,34)(H,28,29,30)/t13-,15-,19+,22+/m1/s1. The van der Waals surface area contributed by atoms with Crippen LogP contribution < -0.4 is 10.5 Å². The van der Waals surface area contributed by atoms with Crippen LogP contribution in [0.2, 0.25) is 9.36 Å². The van der Waals surface area contributed by atoms with Crippen LogP contribution in [0.3, 0.4) is 0 Å². The number of hydrogen-bond donors (Lipinski definition) is 3. The van der Waals surface area contributed by atoms with E-state index in [9.17, 15) is 18.3 Å². The summed E-state index contributed by atoms with van der Waals surface area (Å²) in [6.07, 6.45) is 2.96. The maximum atomic E-state index is 13.6. The van der Waals surface area contributed by atoms with E-state index >= 15 is 0 Å². The number of halogens is 2. The van der Waals surface area contributed by atoms with Gasteiger partial charge < -0.3 is 15.2 Å². The number of anilines is 1. The van der Waals surface area contributed by atoms with Gasteiger partial charge in [-0.2, -0.15) is 8.42 Å². The number of ether oxygens (including phenoxy) is 1. The maximum Gasteiger partial charge on any atom is 0.333 e. The van der Waals surface area contributed by atoms with Crippen LogP contribution in [0.5, 0.6) is 0 Å². The van der Waals surface area contributed by atoms with Crippen molar-refractivity contribution in [1.29, 1.82) is 0 Å². The van der Waals surface area contributed by atoms with Crippen LogP contribution in [0.4, 0.5) is 5.82 Å². The second-order valence-electron chi connectivity index (χ2n) is 9.22. The lowest BCUT2D eigenvalue weighted by atomic mass is 9.94. The maximum absolute atomic E-state index is 13.6. The zero-order valence-electron chi connectivity index (χ0n) is 19.8. The monoisotopic (exact) mass is 598 g/mol. The number of carbonyl (C=O) groups is 1. The Labute approximate surface area is 233 Å². The van der Waals surface area contributed by atoms with Crippen LogP contribution in [-0.2, 0) is 25.6 Å². The summed E-state index contributed by atoms with van der Waals surface area (Å²) < 4.78 is 33.3. The van der Waals surface area contributed by atoms with E-state index in [1.54, 1.807) is 6.07 Å². The molecule has 0 unspecified atom stereocenters. The molecule has 1 aliphatic heterocycles. The van der Waals surface area contributed by atoms with Gasteiger partial charge in [0.15, 0.2) is 0 Å². The van der Waals surface area contributed by atoms with Crippen molar-refractivity contribution in [3.05, 3.63) is 73.3 Å². The molecule has 4 atom stereocenters. The van der Waals surface area contributed by atoms with Gasteiger partial charge in [0.2, 0.25) is 5.78 Å². The highest BCUT2D eigenvalue weighted by Crippen LogP contribution is 2.42. The van der Waals surface area contributed by atoms with E-state index in [1.165, 1.54) is 12.5 Å². The number of benzene rings is 1. The highest BCUT2D eigenvalue weighted by atomic mass is 35.5. The van der Waals surface area contributed by atoms with Crippen LogP contribution in [0.1, 0.15) is 50.9 Å². The van der Waals surface area contributed by atoms with Crippen molar-refractivity contribution in [2.75, 3.05) is 18.5 Å². The molecule has 5 rings (SSSR count). The fraction of sp³-hybridized carbons (Fsp3) is 0.375. The van der Waals surface area contributed by atoms with Gasteiger partial charge in [-0.15, -0.1) is 11.3 Å². The van der Waals surface area contributed by atoms with Gasteiger partial charge in [-0.1, -0.05) is 29.3 Å². The Morgan fingerprint density at radius 3 is 2.87 bits per heavy atom. The van der Waals surface area contributed by atoms with Gasteiger partial charge in [0.1, 0.15) is 18.2 Å². The fourth-order valence-electron chi connectivity index (χ4n) is 4.86. The molecule has 2 aliphatic rings. The van der Waals surface area contributed by atoms with Crippen molar-refractivity contribution in [3.8, 4) is 0 Å². The summed E-state index contributed by atoms with van der Waals surface area (Å²) in [5.74, 6) is -0.467. The first-order valence-electron chi connectivity index (χ1n) is 11.7. The number of carbonyl (C=O) groups excluding carboxylic acids is 1. The van der Waals surface area contributed by atoms with Crippen molar-refractivity contribution in [2.45, 2.75) is 37.5 Å². The van der Waals surface area contributed by atoms with Crippen LogP contribution in [0.25, 0.3) is 0 Å². The topological polar surface area (TPSA) is 154 Å². The predicted octanol–water partition coefficient (Wildman–Crippen LogP) is 3.51. The molecule has 1 aliphatic carbocycles. The Hall–Kier alpha value is -2.16. The zero-order chi connectivity index (χ0) is 27.0. The molecule has 0 amide bonds. The van der Waals surface area contributed by atoms with Gasteiger partial charge in [-0.3, -0.25) is 8.98 Å². The minimum absolute atomic E-state index is 0.234. The Balaban J connectivity index is 1.35. The van der Waals surface area contributed by atoms with Gasteiger partial charge in [-0.05, 0) is 48.6 Å². The highest BCUT2D eigenvalue weighted by molar-refractivity contribution is 7.84. The normalized spacial score (nSPS) is 23.3. The average Bonchev–Trinajstić information content (AvgIpc) is 3.43. The van der Waals surface area contributed by atoms with Gasteiger partial charge in [0.25, 0.3) is 0 Å². The molecule has 1 saturated carbocycles. The molecule has 1 aromatic carbocycles. The minimum Gasteiger partial charge on any atom is -0.393 e. The molecular weight excluding hydrogens is 575 g/mol. The molecule has 3 heterocycles. The lowest BCUT2D eigenvalue weighted by molar-refractivity contribution is 0.0701. The lowest BCUT2D eigenvalue weighted by Crippen LogP contribution is -2.24. The molecule has 14 heteroatoms. The number of nitrogens with one attached hydrogen (secondary N) is 1. The number of ketones is 1. The van der Waals surface area contributed by atoms with E-state index in [2.05, 4.69) is 19.5 Å². The van der Waals surface area contributed by atoms with E-state index in [0.29, 0.717) is 45.1 Å². The molecular formula is C24H24Cl2N4O6S2. The molecule has 0 spiro atoms. The average molecular weight is 600 g/mol. The fourth-order valence-corrected chi connectivity index (χ4v) is 6.68. The number of nitrogens with zero attached hydrogens (tertiary/aromatic N) is 2. The summed E-state index contributed by atoms with van der Waals surface area (Å²) in [6.45, 7) is 0.285. The summed E-state index contributed by atoms with van der Waals surface area (Å²) in [4.78, 5) is 22.2. The number of aliphatic hydroxyl groups excluding tert-OH is 1. The Morgan fingerprint density at radius 1 is 1.26 bits per heavy atom. The van der Waals surface area contributed by atoms with Crippen LogP contribution in [0, 0.1) is 5.92 Å². The van der Waals surface area contributed by atoms with Gasteiger partial charge in [0.05, 0.1) is 34.1 Å². The molecule has 10 nitrogen and oxygen atoms in total. The van der Waals surface area contributed by atoms with Crippen LogP contribution in [-0.4, -0.2) is 54.6 Å². The second kappa shape index (κ2) is 11.1. The summed E-state index contributed by atoms with van der Waals surface area (Å²) >= 11 is 14.0. The third kappa shape index (κ3) is 6.02. The summed E-state index contributed by atoms with van der Waals surface area (Å²) in [7, 11) is -4.11. The van der Waals surface area contributed by atoms with Gasteiger partial charge >= 0.3 is 10.3 Å². The molecule has 0 saturated heterocycles. The van der Waals surface area contributed by atoms with E-state index in [0.717, 1.165) is 28.9 Å². The minimum atomic E-state index is -4.11. The quantitative estimate of drug-likeness (QED) is 0.330. The molecule has 202 valence electrons. The first kappa shape index (κ1) is 27.4. The van der Waals surface area contributed by atoms with E-state index in [-0.39, 0.29) is 24.0 Å². The first-order valence-corrected chi connectivity index (χ1v) is 14.8. The molecule has 0 radical (unpaired) electrons. The van der Waals surface area contributed by atoms with E-state index in [4.69, 9.17) is 33.1 Å². The summed E-state index contributed by atoms with van der Waals surface area (Å²) in [5, 5.41) is 19.0. The van der Waals surface area contributed by atoms with Crippen LogP contribution >= 0.6 is 34.5 Å². The Bertz CT molecular complexity index is 1470. The third-order valence-corrected chi connectivity index (χ3v) is 8.75. The van der Waals surface area contributed by atoms with Gasteiger partial charge in [0, 0.05) is 28.7 Å². The summed E-state index contributed by atoms with van der Waals surface area (Å²) in [6, 6.07) is 7.13. The highest BCUT2D eigenvalue weighted by Gasteiger charge is 2.35. The SMILES string of the molecule is NS(=O)(=O)OC[C@H]1C[C@@H](Nc2ncncc2C(=O)c2cc([C@H]3OCCc4ccc(Cl)cc43)c(Cl)s2)C[C@@H]1O. The number of aliphatic hydroxyl groups is 1. The summed E-state index contributed by atoms with van der Waals surface area (Å²) in [5.41, 5.74) is 2.97. The number of rotatable bonds is 8. The number of thiophene rings is 1. The van der Waals surface area contributed by atoms with Gasteiger partial charge in [-0.25, -0.2) is 15.1 Å². The van der Waals surface area contributed by atoms with Crippen molar-refractivity contribution < 1.29 is 27.2 Å². The number of nitrogens with two attached hydrogens (primary N) is 1. The van der Waals surface area contributed by atoms with E-state index < -0.39 is 28.4 Å². The molecule has 38 heavy (non-hydrogen) atoms. The third-order valence-electron chi connectivity index (χ3n) is 6.67. The van der Waals surface area contributed by atoms with Crippen molar-refractivity contribution >= 4 is 56.4 Å².